The summed E-state index contributed by atoms with van der Waals surface area (Å²) in [6.07, 6.45) is 0. The van der Waals surface area contributed by atoms with Crippen molar-refractivity contribution >= 4 is 21.7 Å². The van der Waals surface area contributed by atoms with E-state index in [2.05, 4.69) is 20.9 Å². The van der Waals surface area contributed by atoms with Crippen molar-refractivity contribution in [3.05, 3.63) is 28.5 Å². The summed E-state index contributed by atoms with van der Waals surface area (Å²) in [6.45, 7) is 4.05. The van der Waals surface area contributed by atoms with Gasteiger partial charge in [-0.15, -0.1) is 0 Å². The number of hydrogen-bond donors (Lipinski definition) is 2. The molecule has 0 fully saturated rings. The van der Waals surface area contributed by atoms with Gasteiger partial charge in [0.15, 0.2) is 5.82 Å². The summed E-state index contributed by atoms with van der Waals surface area (Å²) >= 11 is 3.45. The number of aromatic nitrogens is 2. The molecule has 0 saturated carbocycles. The third-order valence-corrected chi connectivity index (χ3v) is 3.54. The molecule has 0 aliphatic heterocycles. The molecule has 4 N–H and O–H groups in total. The van der Waals surface area contributed by atoms with E-state index in [0.717, 1.165) is 21.6 Å². The van der Waals surface area contributed by atoms with E-state index in [1.807, 2.05) is 32.0 Å². The lowest BCUT2D eigenvalue weighted by Crippen LogP contribution is -2.16. The number of nitrogen functional groups attached to an aromatic ring is 2. The van der Waals surface area contributed by atoms with E-state index in [9.17, 15) is 0 Å². The number of methoxy groups -OCH3 is 1. The van der Waals surface area contributed by atoms with Crippen LogP contribution in [0, 0.1) is 0 Å². The van der Waals surface area contributed by atoms with Crippen molar-refractivity contribution in [2.24, 2.45) is 0 Å². The molecule has 19 heavy (non-hydrogen) atoms. The van der Waals surface area contributed by atoms with Crippen LogP contribution in [0.3, 0.4) is 0 Å². The summed E-state index contributed by atoms with van der Waals surface area (Å²) in [5.41, 5.74) is 7.61. The first kappa shape index (κ1) is 13.7. The van der Waals surface area contributed by atoms with Gasteiger partial charge in [0, 0.05) is 11.5 Å². The first-order chi connectivity index (χ1) is 8.95. The number of benzene rings is 1. The highest BCUT2D eigenvalue weighted by Gasteiger charge is 2.17. The molecule has 2 rings (SSSR count). The van der Waals surface area contributed by atoms with E-state index >= 15 is 0 Å². The Kier molecular flexibility index (Phi) is 3.71. The van der Waals surface area contributed by atoms with E-state index in [0.29, 0.717) is 11.5 Å². The van der Waals surface area contributed by atoms with E-state index in [-0.39, 0.29) is 5.92 Å². The van der Waals surface area contributed by atoms with Crippen LogP contribution in [0.4, 0.5) is 5.82 Å². The smallest absolute Gasteiger partial charge is 0.150 e. The van der Waals surface area contributed by atoms with Gasteiger partial charge in [0.05, 0.1) is 11.6 Å². The fourth-order valence-electron chi connectivity index (χ4n) is 1.90. The largest absolute Gasteiger partial charge is 0.496 e. The standard InChI is InChI=1S/C13H17BrN4O/c1-7(2)13-17-11(12(15)18(13)16)8-4-5-10(19-3)9(14)6-8/h4-7H,15-16H2,1-3H3. The Morgan fingerprint density at radius 2 is 2.05 bits per heavy atom. The van der Waals surface area contributed by atoms with Gasteiger partial charge in [0.1, 0.15) is 17.3 Å². The van der Waals surface area contributed by atoms with Gasteiger partial charge in [-0.25, -0.2) is 9.66 Å². The first-order valence-electron chi connectivity index (χ1n) is 5.92. The zero-order chi connectivity index (χ0) is 14.2. The van der Waals surface area contributed by atoms with Crippen LogP contribution in [0.25, 0.3) is 11.3 Å². The summed E-state index contributed by atoms with van der Waals surface area (Å²) in [5, 5.41) is 0. The summed E-state index contributed by atoms with van der Waals surface area (Å²) < 4.78 is 7.50. The molecular weight excluding hydrogens is 308 g/mol. The van der Waals surface area contributed by atoms with Crippen molar-refractivity contribution in [2.45, 2.75) is 19.8 Å². The zero-order valence-electron chi connectivity index (χ0n) is 11.1. The minimum atomic E-state index is 0.211. The third-order valence-electron chi connectivity index (χ3n) is 2.92. The molecule has 5 nitrogen and oxygen atoms in total. The lowest BCUT2D eigenvalue weighted by Gasteiger charge is -2.05. The predicted octanol–water partition coefficient (Wildman–Crippen LogP) is 2.74. The SMILES string of the molecule is COc1ccc(-c2nc(C(C)C)n(N)c2N)cc1Br. The van der Waals surface area contributed by atoms with Crippen molar-refractivity contribution in [1.82, 2.24) is 9.66 Å². The molecule has 1 aromatic carbocycles. The lowest BCUT2D eigenvalue weighted by atomic mass is 10.1. The molecule has 0 atom stereocenters. The molecule has 102 valence electrons. The zero-order valence-corrected chi connectivity index (χ0v) is 12.7. The Morgan fingerprint density at radius 1 is 1.37 bits per heavy atom. The van der Waals surface area contributed by atoms with Crippen molar-refractivity contribution in [3.63, 3.8) is 0 Å². The van der Waals surface area contributed by atoms with E-state index in [1.165, 1.54) is 4.68 Å². The third kappa shape index (κ3) is 2.40. The van der Waals surface area contributed by atoms with Gasteiger partial charge < -0.3 is 16.3 Å². The Balaban J connectivity index is 2.53. The highest BCUT2D eigenvalue weighted by Crippen LogP contribution is 2.33. The van der Waals surface area contributed by atoms with Gasteiger partial charge in [-0.3, -0.25) is 0 Å². The maximum Gasteiger partial charge on any atom is 0.150 e. The van der Waals surface area contributed by atoms with Crippen molar-refractivity contribution < 1.29 is 4.74 Å². The number of hydrogen-bond acceptors (Lipinski definition) is 4. The lowest BCUT2D eigenvalue weighted by molar-refractivity contribution is 0.412. The van der Waals surface area contributed by atoms with Gasteiger partial charge in [-0.1, -0.05) is 13.8 Å². The van der Waals surface area contributed by atoms with Crippen molar-refractivity contribution in [2.75, 3.05) is 18.7 Å². The number of anilines is 1. The molecule has 0 bridgehead atoms. The minimum absolute atomic E-state index is 0.211. The van der Waals surface area contributed by atoms with Gasteiger partial charge in [0.2, 0.25) is 0 Å². The van der Waals surface area contributed by atoms with Gasteiger partial charge >= 0.3 is 0 Å². The van der Waals surface area contributed by atoms with Crippen LogP contribution in [0.15, 0.2) is 22.7 Å². The summed E-state index contributed by atoms with van der Waals surface area (Å²) in [6, 6.07) is 5.69. The number of halogens is 1. The quantitative estimate of drug-likeness (QED) is 0.851. The van der Waals surface area contributed by atoms with Crippen LogP contribution in [-0.2, 0) is 0 Å². The maximum absolute atomic E-state index is 6.02. The number of rotatable bonds is 3. The number of nitrogens with two attached hydrogens (primary N) is 2. The maximum atomic E-state index is 6.02. The molecule has 1 aromatic heterocycles. The Hall–Kier alpha value is -1.69. The van der Waals surface area contributed by atoms with E-state index < -0.39 is 0 Å². The molecular formula is C13H17BrN4O. The van der Waals surface area contributed by atoms with Crippen LogP contribution in [-0.4, -0.2) is 16.8 Å². The molecule has 0 unspecified atom stereocenters. The topological polar surface area (TPSA) is 79.1 Å². The summed E-state index contributed by atoms with van der Waals surface area (Å²) in [5.74, 6) is 8.12. The van der Waals surface area contributed by atoms with Crippen molar-refractivity contribution in [1.29, 1.82) is 0 Å². The number of imidazole rings is 1. The molecule has 6 heteroatoms. The second-order valence-electron chi connectivity index (χ2n) is 4.58. The molecule has 0 amide bonds. The summed E-state index contributed by atoms with van der Waals surface area (Å²) in [4.78, 5) is 4.53. The Bertz CT molecular complexity index is 607. The fraction of sp³-hybridized carbons (Fsp3) is 0.308. The average molecular weight is 325 g/mol. The van der Waals surface area contributed by atoms with Crippen LogP contribution in [0.1, 0.15) is 25.6 Å². The van der Waals surface area contributed by atoms with Crippen LogP contribution >= 0.6 is 15.9 Å². The molecule has 0 aliphatic rings. The Morgan fingerprint density at radius 3 is 2.53 bits per heavy atom. The molecule has 0 aliphatic carbocycles. The Labute approximate surface area is 120 Å². The van der Waals surface area contributed by atoms with Crippen LogP contribution in [0.5, 0.6) is 5.75 Å². The number of ether oxygens (including phenoxy) is 1. The normalized spacial score (nSPS) is 11.0. The summed E-state index contributed by atoms with van der Waals surface area (Å²) in [7, 11) is 1.62. The van der Waals surface area contributed by atoms with Gasteiger partial charge in [-0.05, 0) is 34.1 Å². The molecule has 1 heterocycles. The highest BCUT2D eigenvalue weighted by molar-refractivity contribution is 9.10. The minimum Gasteiger partial charge on any atom is -0.496 e. The van der Waals surface area contributed by atoms with Crippen LogP contribution < -0.4 is 16.3 Å². The molecule has 2 aromatic rings. The molecule has 0 saturated heterocycles. The van der Waals surface area contributed by atoms with Gasteiger partial charge in [-0.2, -0.15) is 0 Å². The second-order valence-corrected chi connectivity index (χ2v) is 5.43. The molecule has 0 spiro atoms. The number of nitrogens with zero attached hydrogens (tertiary/aromatic N) is 2. The fourth-order valence-corrected chi connectivity index (χ4v) is 2.44. The molecule has 0 radical (unpaired) electrons. The second kappa shape index (κ2) is 5.13. The highest BCUT2D eigenvalue weighted by atomic mass is 79.9. The average Bonchev–Trinajstić information content (AvgIpc) is 2.66. The van der Waals surface area contributed by atoms with Gasteiger partial charge in [0.25, 0.3) is 0 Å². The predicted molar refractivity (Wildman–Crippen MR) is 80.6 cm³/mol. The van der Waals surface area contributed by atoms with E-state index in [4.69, 9.17) is 16.3 Å². The first-order valence-corrected chi connectivity index (χ1v) is 6.72. The monoisotopic (exact) mass is 324 g/mol. The van der Waals surface area contributed by atoms with Crippen LogP contribution in [0.2, 0.25) is 0 Å². The van der Waals surface area contributed by atoms with E-state index in [1.54, 1.807) is 7.11 Å². The van der Waals surface area contributed by atoms with Crippen molar-refractivity contribution in [3.8, 4) is 17.0 Å².